The molecule has 0 bridgehead atoms. The molecular weight excluding hydrogens is 336 g/mol. The molecule has 24 heavy (non-hydrogen) atoms. The van der Waals surface area contributed by atoms with Crippen molar-refractivity contribution in [3.8, 4) is 0 Å². The minimum absolute atomic E-state index is 0.0438. The van der Waals surface area contributed by atoms with E-state index in [1.807, 2.05) is 0 Å². The van der Waals surface area contributed by atoms with Gasteiger partial charge in [0.1, 0.15) is 11.6 Å². The third-order valence-corrected chi connectivity index (χ3v) is 3.82. The van der Waals surface area contributed by atoms with Gasteiger partial charge < -0.3 is 14.7 Å². The van der Waals surface area contributed by atoms with E-state index in [-0.39, 0.29) is 18.2 Å². The van der Waals surface area contributed by atoms with E-state index in [9.17, 15) is 14.7 Å². The molecule has 1 aliphatic heterocycles. The van der Waals surface area contributed by atoms with Gasteiger partial charge in [-0.3, -0.25) is 14.7 Å². The molecule has 9 heteroatoms. The zero-order valence-corrected chi connectivity index (χ0v) is 14.7. The number of rotatable bonds is 3. The highest BCUT2D eigenvalue weighted by molar-refractivity contribution is 6.29. The van der Waals surface area contributed by atoms with Gasteiger partial charge in [-0.25, -0.2) is 9.78 Å². The van der Waals surface area contributed by atoms with Crippen molar-refractivity contribution in [2.75, 3.05) is 19.6 Å². The Bertz CT molecular complexity index is 620. The van der Waals surface area contributed by atoms with Gasteiger partial charge in [0.25, 0.3) is 0 Å². The molecular formula is C15H21ClN4O4. The van der Waals surface area contributed by atoms with Crippen molar-refractivity contribution in [2.45, 2.75) is 39.0 Å². The maximum atomic E-state index is 12.1. The largest absolute Gasteiger partial charge is 0.480 e. The summed E-state index contributed by atoms with van der Waals surface area (Å²) in [5, 5.41) is 9.75. The summed E-state index contributed by atoms with van der Waals surface area (Å²) in [4.78, 5) is 35.0. The number of carboxylic acids is 1. The maximum Gasteiger partial charge on any atom is 0.410 e. The number of amides is 1. The smallest absolute Gasteiger partial charge is 0.410 e. The first kappa shape index (κ1) is 18.4. The third-order valence-electron chi connectivity index (χ3n) is 3.50. The SMILES string of the molecule is CC(C)(C)OC(=O)N1CCN(Cc2nccnc2Cl)C(C(=O)O)C1. The fourth-order valence-corrected chi connectivity index (χ4v) is 2.55. The fraction of sp³-hybridized carbons (Fsp3) is 0.600. The minimum Gasteiger partial charge on any atom is -0.480 e. The van der Waals surface area contributed by atoms with Crippen LogP contribution in [0.4, 0.5) is 4.79 Å². The van der Waals surface area contributed by atoms with Crippen LogP contribution in [0.3, 0.4) is 0 Å². The second-order valence-electron chi connectivity index (χ2n) is 6.54. The van der Waals surface area contributed by atoms with E-state index in [0.717, 1.165) is 0 Å². The van der Waals surface area contributed by atoms with Gasteiger partial charge in [0.15, 0.2) is 5.15 Å². The van der Waals surface area contributed by atoms with Gasteiger partial charge in [0, 0.05) is 32.0 Å². The lowest BCUT2D eigenvalue weighted by atomic mass is 10.1. The highest BCUT2D eigenvalue weighted by Gasteiger charge is 2.36. The van der Waals surface area contributed by atoms with Crippen LogP contribution in [0.5, 0.6) is 0 Å². The fourth-order valence-electron chi connectivity index (χ4n) is 2.38. The van der Waals surface area contributed by atoms with Gasteiger partial charge in [-0.15, -0.1) is 0 Å². The molecule has 1 N–H and O–H groups in total. The number of nitrogens with zero attached hydrogens (tertiary/aromatic N) is 4. The van der Waals surface area contributed by atoms with Crippen LogP contribution >= 0.6 is 11.6 Å². The summed E-state index contributed by atoms with van der Waals surface area (Å²) in [5.41, 5.74) is -0.115. The lowest BCUT2D eigenvalue weighted by Crippen LogP contribution is -2.57. The summed E-state index contributed by atoms with van der Waals surface area (Å²) in [6.07, 6.45) is 2.47. The lowest BCUT2D eigenvalue weighted by molar-refractivity contribution is -0.145. The summed E-state index contributed by atoms with van der Waals surface area (Å²) < 4.78 is 5.31. The Morgan fingerprint density at radius 1 is 1.33 bits per heavy atom. The molecule has 0 spiro atoms. The molecule has 1 aromatic heterocycles. The Morgan fingerprint density at radius 2 is 2.00 bits per heavy atom. The second-order valence-corrected chi connectivity index (χ2v) is 6.90. The van der Waals surface area contributed by atoms with Crippen molar-refractivity contribution in [2.24, 2.45) is 0 Å². The highest BCUT2D eigenvalue weighted by atomic mass is 35.5. The number of aliphatic carboxylic acids is 1. The number of hydrogen-bond donors (Lipinski definition) is 1. The van der Waals surface area contributed by atoms with E-state index >= 15 is 0 Å². The number of piperazine rings is 1. The van der Waals surface area contributed by atoms with Crippen molar-refractivity contribution in [3.05, 3.63) is 23.2 Å². The summed E-state index contributed by atoms with van der Waals surface area (Å²) in [6, 6.07) is -0.857. The highest BCUT2D eigenvalue weighted by Crippen LogP contribution is 2.19. The molecule has 0 aromatic carbocycles. The van der Waals surface area contributed by atoms with E-state index in [4.69, 9.17) is 16.3 Å². The number of carboxylic acid groups (broad SMARTS) is 1. The van der Waals surface area contributed by atoms with E-state index in [1.165, 1.54) is 17.3 Å². The summed E-state index contributed by atoms with van der Waals surface area (Å²) in [7, 11) is 0. The first-order chi connectivity index (χ1) is 11.2. The molecule has 2 rings (SSSR count). The molecule has 8 nitrogen and oxygen atoms in total. The number of carbonyl (C=O) groups excluding carboxylic acids is 1. The monoisotopic (exact) mass is 356 g/mol. The number of ether oxygens (including phenoxy) is 1. The normalized spacial score (nSPS) is 19.2. The van der Waals surface area contributed by atoms with Crippen molar-refractivity contribution >= 4 is 23.7 Å². The van der Waals surface area contributed by atoms with Crippen molar-refractivity contribution in [3.63, 3.8) is 0 Å². The average molecular weight is 357 g/mol. The molecule has 1 saturated heterocycles. The molecule has 1 unspecified atom stereocenters. The predicted molar refractivity (Wildman–Crippen MR) is 86.7 cm³/mol. The summed E-state index contributed by atoms with van der Waals surface area (Å²) >= 11 is 5.99. The number of halogens is 1. The van der Waals surface area contributed by atoms with Gasteiger partial charge in [0.05, 0.1) is 12.2 Å². The topological polar surface area (TPSA) is 95.9 Å². The predicted octanol–water partition coefficient (Wildman–Crippen LogP) is 1.64. The molecule has 1 aliphatic rings. The number of carbonyl (C=O) groups is 2. The Kier molecular flexibility index (Phi) is 5.61. The van der Waals surface area contributed by atoms with Crippen LogP contribution in [-0.2, 0) is 16.1 Å². The first-order valence-corrected chi connectivity index (χ1v) is 7.95. The van der Waals surface area contributed by atoms with Gasteiger partial charge >= 0.3 is 12.1 Å². The zero-order valence-electron chi connectivity index (χ0n) is 13.9. The minimum atomic E-state index is -1.01. The first-order valence-electron chi connectivity index (χ1n) is 7.57. The van der Waals surface area contributed by atoms with Crippen molar-refractivity contribution in [1.29, 1.82) is 0 Å². The standard InChI is InChI=1S/C15H21ClN4O4/c1-15(2,3)24-14(23)20-7-6-19(11(9-20)13(21)22)8-10-12(16)18-5-4-17-10/h4-5,11H,6-9H2,1-3H3,(H,21,22). The molecule has 132 valence electrons. The van der Waals surface area contributed by atoms with Crippen LogP contribution in [-0.4, -0.2) is 68.2 Å². The molecule has 0 aliphatic carbocycles. The van der Waals surface area contributed by atoms with Crippen molar-refractivity contribution < 1.29 is 19.4 Å². The summed E-state index contributed by atoms with van der Waals surface area (Å²) in [6.45, 7) is 6.36. The molecule has 1 aromatic rings. The molecule has 0 saturated carbocycles. The van der Waals surface area contributed by atoms with E-state index in [1.54, 1.807) is 25.7 Å². The van der Waals surface area contributed by atoms with Crippen LogP contribution in [0.1, 0.15) is 26.5 Å². The van der Waals surface area contributed by atoms with Crippen molar-refractivity contribution in [1.82, 2.24) is 19.8 Å². The maximum absolute atomic E-state index is 12.1. The van der Waals surface area contributed by atoms with E-state index < -0.39 is 23.7 Å². The second kappa shape index (κ2) is 7.31. The molecule has 1 atom stereocenters. The van der Waals surface area contributed by atoms with Crippen LogP contribution in [0.2, 0.25) is 5.15 Å². The average Bonchev–Trinajstić information content (AvgIpc) is 2.48. The van der Waals surface area contributed by atoms with E-state index in [2.05, 4.69) is 9.97 Å². The molecule has 0 radical (unpaired) electrons. The molecule has 1 amide bonds. The Balaban J connectivity index is 2.07. The summed E-state index contributed by atoms with van der Waals surface area (Å²) in [5.74, 6) is -1.01. The Labute approximate surface area is 145 Å². The molecule has 2 heterocycles. The van der Waals surface area contributed by atoms with Gasteiger partial charge in [-0.1, -0.05) is 11.6 Å². The Hall–Kier alpha value is -1.93. The van der Waals surface area contributed by atoms with Crippen LogP contribution in [0.15, 0.2) is 12.4 Å². The van der Waals surface area contributed by atoms with Gasteiger partial charge in [0.2, 0.25) is 0 Å². The Morgan fingerprint density at radius 3 is 2.58 bits per heavy atom. The van der Waals surface area contributed by atoms with E-state index in [0.29, 0.717) is 18.8 Å². The van der Waals surface area contributed by atoms with Gasteiger partial charge in [-0.05, 0) is 20.8 Å². The number of aromatic nitrogens is 2. The van der Waals surface area contributed by atoms with Crippen LogP contribution in [0, 0.1) is 0 Å². The third kappa shape index (κ3) is 4.78. The van der Waals surface area contributed by atoms with Crippen LogP contribution in [0.25, 0.3) is 0 Å². The number of hydrogen-bond acceptors (Lipinski definition) is 6. The van der Waals surface area contributed by atoms with Crippen LogP contribution < -0.4 is 0 Å². The molecule has 1 fully saturated rings. The zero-order chi connectivity index (χ0) is 17.9. The van der Waals surface area contributed by atoms with Gasteiger partial charge in [-0.2, -0.15) is 0 Å². The quantitative estimate of drug-likeness (QED) is 0.879. The lowest BCUT2D eigenvalue weighted by Gasteiger charge is -2.39.